The maximum atomic E-state index is 13.2. The summed E-state index contributed by atoms with van der Waals surface area (Å²) in [7, 11) is 0. The number of halogens is 1. The Morgan fingerprint density at radius 1 is 1.36 bits per heavy atom. The molecule has 0 N–H and O–H groups in total. The number of nitrogens with zero attached hydrogens (tertiary/aromatic N) is 2. The van der Waals surface area contributed by atoms with E-state index in [1.807, 2.05) is 12.1 Å². The van der Waals surface area contributed by atoms with Crippen molar-refractivity contribution in [2.24, 2.45) is 0 Å². The molecule has 0 aliphatic heterocycles. The summed E-state index contributed by atoms with van der Waals surface area (Å²) in [5.41, 5.74) is 0.680. The van der Waals surface area contributed by atoms with Crippen LogP contribution in [0.15, 0.2) is 24.3 Å². The second kappa shape index (κ2) is 4.79. The van der Waals surface area contributed by atoms with Gasteiger partial charge in [0.05, 0.1) is 24.1 Å². The summed E-state index contributed by atoms with van der Waals surface area (Å²) in [6, 6.07) is 7.99. The number of rotatable bonds is 2. The first-order valence-corrected chi connectivity index (χ1v) is 4.01. The van der Waals surface area contributed by atoms with Gasteiger partial charge in [-0.3, -0.25) is 0 Å². The van der Waals surface area contributed by atoms with Gasteiger partial charge in [0.2, 0.25) is 0 Å². The molecule has 0 saturated carbocycles. The highest BCUT2D eigenvalue weighted by Gasteiger charge is 1.99. The molecular formula is C11H7FN2. The van der Waals surface area contributed by atoms with Crippen molar-refractivity contribution in [3.63, 3.8) is 0 Å². The third-order valence-corrected chi connectivity index (χ3v) is 1.64. The molecule has 0 aliphatic rings. The van der Waals surface area contributed by atoms with Crippen LogP contribution in [0, 0.1) is 28.5 Å². The van der Waals surface area contributed by atoms with Crippen LogP contribution in [0.3, 0.4) is 0 Å². The topological polar surface area (TPSA) is 47.6 Å². The molecule has 1 rings (SSSR count). The van der Waals surface area contributed by atoms with Crippen molar-refractivity contribution in [2.45, 2.75) is 6.42 Å². The Kier molecular flexibility index (Phi) is 3.41. The molecule has 0 spiro atoms. The van der Waals surface area contributed by atoms with Crippen molar-refractivity contribution in [1.29, 1.82) is 10.5 Å². The standard InChI is InChI=1S/C11H7FN2/c12-11-7-9(8-14)4-5-10(11)3-1-2-6-13/h1,3-5,7H,2H2. The Morgan fingerprint density at radius 2 is 2.14 bits per heavy atom. The molecule has 1 aromatic rings. The first kappa shape index (κ1) is 9.95. The van der Waals surface area contributed by atoms with Crippen LogP contribution < -0.4 is 0 Å². The molecule has 68 valence electrons. The van der Waals surface area contributed by atoms with Gasteiger partial charge in [-0.25, -0.2) is 4.39 Å². The van der Waals surface area contributed by atoms with Crippen LogP contribution >= 0.6 is 0 Å². The summed E-state index contributed by atoms with van der Waals surface area (Å²) in [5.74, 6) is -0.446. The molecule has 14 heavy (non-hydrogen) atoms. The molecule has 0 fully saturated rings. The summed E-state index contributed by atoms with van der Waals surface area (Å²) < 4.78 is 13.2. The fraction of sp³-hybridized carbons (Fsp3) is 0.0909. The van der Waals surface area contributed by atoms with Crippen LogP contribution in [0.5, 0.6) is 0 Å². The lowest BCUT2D eigenvalue weighted by Gasteiger charge is -1.95. The highest BCUT2D eigenvalue weighted by atomic mass is 19.1. The molecule has 0 radical (unpaired) electrons. The maximum absolute atomic E-state index is 13.2. The molecule has 3 heteroatoms. The number of hydrogen-bond acceptors (Lipinski definition) is 2. The normalized spacial score (nSPS) is 9.64. The molecule has 0 bridgehead atoms. The quantitative estimate of drug-likeness (QED) is 0.712. The van der Waals surface area contributed by atoms with E-state index in [1.165, 1.54) is 24.3 Å². The Morgan fingerprint density at radius 3 is 2.71 bits per heavy atom. The van der Waals surface area contributed by atoms with Gasteiger partial charge in [-0.05, 0) is 12.1 Å². The van der Waals surface area contributed by atoms with E-state index in [2.05, 4.69) is 0 Å². The predicted molar refractivity (Wildman–Crippen MR) is 50.4 cm³/mol. The fourth-order valence-electron chi connectivity index (χ4n) is 0.970. The van der Waals surface area contributed by atoms with Gasteiger partial charge in [0.25, 0.3) is 0 Å². The molecular weight excluding hydrogens is 179 g/mol. The van der Waals surface area contributed by atoms with Gasteiger partial charge in [0.15, 0.2) is 0 Å². The zero-order chi connectivity index (χ0) is 10.4. The second-order valence-corrected chi connectivity index (χ2v) is 2.61. The molecule has 0 heterocycles. The van der Waals surface area contributed by atoms with E-state index in [0.29, 0.717) is 11.1 Å². The number of hydrogen-bond donors (Lipinski definition) is 0. The van der Waals surface area contributed by atoms with E-state index in [0.717, 1.165) is 0 Å². The minimum atomic E-state index is -0.446. The minimum absolute atomic E-state index is 0.249. The van der Waals surface area contributed by atoms with Crippen LogP contribution in [-0.2, 0) is 0 Å². The zero-order valence-electron chi connectivity index (χ0n) is 7.37. The third-order valence-electron chi connectivity index (χ3n) is 1.64. The molecule has 0 aromatic heterocycles. The van der Waals surface area contributed by atoms with Gasteiger partial charge >= 0.3 is 0 Å². The van der Waals surface area contributed by atoms with E-state index >= 15 is 0 Å². The van der Waals surface area contributed by atoms with E-state index < -0.39 is 5.82 Å². The molecule has 0 aliphatic carbocycles. The molecule has 0 amide bonds. The summed E-state index contributed by atoms with van der Waals surface area (Å²) >= 11 is 0. The summed E-state index contributed by atoms with van der Waals surface area (Å²) in [6.07, 6.45) is 3.35. The Balaban J connectivity index is 2.92. The third kappa shape index (κ3) is 2.43. The van der Waals surface area contributed by atoms with Crippen molar-refractivity contribution in [3.8, 4) is 12.1 Å². The highest BCUT2D eigenvalue weighted by Crippen LogP contribution is 2.11. The summed E-state index contributed by atoms with van der Waals surface area (Å²) in [5, 5.41) is 16.7. The van der Waals surface area contributed by atoms with E-state index in [4.69, 9.17) is 10.5 Å². The van der Waals surface area contributed by atoms with Gasteiger partial charge < -0.3 is 0 Å². The number of allylic oxidation sites excluding steroid dienone is 1. The van der Waals surface area contributed by atoms with Crippen LogP contribution in [0.4, 0.5) is 4.39 Å². The second-order valence-electron chi connectivity index (χ2n) is 2.61. The Labute approximate surface area is 81.5 Å². The lowest BCUT2D eigenvalue weighted by atomic mass is 10.1. The van der Waals surface area contributed by atoms with Crippen molar-refractivity contribution >= 4 is 6.08 Å². The summed E-state index contributed by atoms with van der Waals surface area (Å²) in [6.45, 7) is 0. The monoisotopic (exact) mass is 186 g/mol. The minimum Gasteiger partial charge on any atom is -0.206 e. The SMILES string of the molecule is N#CCC=Cc1ccc(C#N)cc1F. The van der Waals surface area contributed by atoms with E-state index in [9.17, 15) is 4.39 Å². The van der Waals surface area contributed by atoms with Crippen LogP contribution in [0.2, 0.25) is 0 Å². The van der Waals surface area contributed by atoms with Crippen molar-refractivity contribution in [2.75, 3.05) is 0 Å². The first-order chi connectivity index (χ1) is 6.77. The Bertz CT molecular complexity index is 436. The average molecular weight is 186 g/mol. The lowest BCUT2D eigenvalue weighted by molar-refractivity contribution is 0.624. The maximum Gasteiger partial charge on any atom is 0.131 e. The zero-order valence-corrected chi connectivity index (χ0v) is 7.37. The van der Waals surface area contributed by atoms with Gasteiger partial charge in [-0.1, -0.05) is 18.2 Å². The molecule has 2 nitrogen and oxygen atoms in total. The van der Waals surface area contributed by atoms with Crippen molar-refractivity contribution in [3.05, 3.63) is 41.2 Å². The van der Waals surface area contributed by atoms with Crippen LogP contribution in [0.1, 0.15) is 17.5 Å². The van der Waals surface area contributed by atoms with Gasteiger partial charge in [0, 0.05) is 5.56 Å². The smallest absolute Gasteiger partial charge is 0.131 e. The van der Waals surface area contributed by atoms with E-state index in [-0.39, 0.29) is 6.42 Å². The molecule has 0 saturated heterocycles. The molecule has 0 atom stereocenters. The van der Waals surface area contributed by atoms with Crippen molar-refractivity contribution < 1.29 is 4.39 Å². The van der Waals surface area contributed by atoms with Crippen LogP contribution in [-0.4, -0.2) is 0 Å². The Hall–Kier alpha value is -2.13. The molecule has 1 aromatic carbocycles. The predicted octanol–water partition coefficient (Wildman–Crippen LogP) is 2.62. The van der Waals surface area contributed by atoms with Crippen molar-refractivity contribution in [1.82, 2.24) is 0 Å². The largest absolute Gasteiger partial charge is 0.206 e. The highest BCUT2D eigenvalue weighted by molar-refractivity contribution is 5.52. The lowest BCUT2D eigenvalue weighted by Crippen LogP contribution is -1.83. The average Bonchev–Trinajstić information content (AvgIpc) is 2.20. The fourth-order valence-corrected chi connectivity index (χ4v) is 0.970. The van der Waals surface area contributed by atoms with Gasteiger partial charge in [-0.15, -0.1) is 0 Å². The van der Waals surface area contributed by atoms with E-state index in [1.54, 1.807) is 6.08 Å². The summed E-state index contributed by atoms with van der Waals surface area (Å²) in [4.78, 5) is 0. The van der Waals surface area contributed by atoms with Gasteiger partial charge in [0.1, 0.15) is 5.82 Å². The van der Waals surface area contributed by atoms with Crippen LogP contribution in [0.25, 0.3) is 6.08 Å². The first-order valence-electron chi connectivity index (χ1n) is 4.01. The van der Waals surface area contributed by atoms with Gasteiger partial charge in [-0.2, -0.15) is 10.5 Å². The molecule has 0 unspecified atom stereocenters. The number of nitriles is 2. The number of benzene rings is 1.